The molecule has 0 N–H and O–H groups in total. The topological polar surface area (TPSA) is 36.9 Å². The lowest BCUT2D eigenvalue weighted by molar-refractivity contribution is 0.00578. The number of hydrogen-bond acceptors (Lipinski definition) is 4. The molecule has 2 aromatic carbocycles. The van der Waals surface area contributed by atoms with E-state index >= 15 is 0 Å². The van der Waals surface area contributed by atoms with E-state index in [0.29, 0.717) is 22.3 Å². The fourth-order valence-corrected chi connectivity index (χ4v) is 2.73. The Hall–Kier alpha value is -1.69. The minimum absolute atomic E-state index is 0.388. The molecule has 0 amide bonds. The molecule has 6 heteroatoms. The van der Waals surface area contributed by atoms with Gasteiger partial charge in [0.15, 0.2) is 11.5 Å². The highest BCUT2D eigenvalue weighted by molar-refractivity contribution is 6.62. The molecule has 1 aliphatic heterocycles. The SMILES string of the molecule is COc1cc(B2OC(C)(C)C(C)(C)O2)ccc1Oc1cccc(Cl)c1. The first kappa shape index (κ1) is 18.1. The van der Waals surface area contributed by atoms with Crippen LogP contribution >= 0.6 is 11.6 Å². The van der Waals surface area contributed by atoms with Crippen molar-refractivity contribution in [2.45, 2.75) is 38.9 Å². The Labute approximate surface area is 154 Å². The van der Waals surface area contributed by atoms with E-state index in [2.05, 4.69) is 0 Å². The molecule has 0 unspecified atom stereocenters. The first-order valence-corrected chi connectivity index (χ1v) is 8.57. The van der Waals surface area contributed by atoms with E-state index in [1.54, 1.807) is 19.2 Å². The first-order chi connectivity index (χ1) is 11.7. The van der Waals surface area contributed by atoms with Gasteiger partial charge in [0.05, 0.1) is 18.3 Å². The Morgan fingerprint density at radius 1 is 0.920 bits per heavy atom. The van der Waals surface area contributed by atoms with Gasteiger partial charge in [0, 0.05) is 5.02 Å². The normalized spacial score (nSPS) is 18.2. The molecule has 1 aliphatic rings. The maximum atomic E-state index is 6.09. The highest BCUT2D eigenvalue weighted by Crippen LogP contribution is 2.37. The van der Waals surface area contributed by atoms with Gasteiger partial charge in [-0.2, -0.15) is 0 Å². The van der Waals surface area contributed by atoms with Crippen LogP contribution in [0.25, 0.3) is 0 Å². The van der Waals surface area contributed by atoms with Crippen molar-refractivity contribution in [2.75, 3.05) is 7.11 Å². The van der Waals surface area contributed by atoms with Crippen LogP contribution in [0.15, 0.2) is 42.5 Å². The summed E-state index contributed by atoms with van der Waals surface area (Å²) in [7, 11) is 1.16. The summed E-state index contributed by atoms with van der Waals surface area (Å²) in [4.78, 5) is 0. The third-order valence-corrected chi connectivity index (χ3v) is 4.97. The highest BCUT2D eigenvalue weighted by Gasteiger charge is 2.51. The minimum atomic E-state index is -0.445. The van der Waals surface area contributed by atoms with Gasteiger partial charge in [0.25, 0.3) is 0 Å². The monoisotopic (exact) mass is 360 g/mol. The smallest absolute Gasteiger partial charge is 0.493 e. The summed E-state index contributed by atoms with van der Waals surface area (Å²) >= 11 is 6.01. The number of ether oxygens (including phenoxy) is 2. The molecule has 0 radical (unpaired) electrons. The van der Waals surface area contributed by atoms with Crippen LogP contribution in [0.2, 0.25) is 5.02 Å². The Balaban J connectivity index is 1.85. The Morgan fingerprint density at radius 3 is 2.20 bits per heavy atom. The van der Waals surface area contributed by atoms with Gasteiger partial charge in [-0.1, -0.05) is 23.7 Å². The fourth-order valence-electron chi connectivity index (χ4n) is 2.55. The van der Waals surface area contributed by atoms with Crippen molar-refractivity contribution in [2.24, 2.45) is 0 Å². The van der Waals surface area contributed by atoms with Crippen LogP contribution in [0.3, 0.4) is 0 Å². The Bertz CT molecular complexity index is 760. The van der Waals surface area contributed by atoms with Crippen LogP contribution in [0, 0.1) is 0 Å². The van der Waals surface area contributed by atoms with Crippen molar-refractivity contribution in [3.8, 4) is 17.2 Å². The lowest BCUT2D eigenvalue weighted by atomic mass is 9.79. The average Bonchev–Trinajstić information content (AvgIpc) is 2.76. The maximum Gasteiger partial charge on any atom is 0.494 e. The van der Waals surface area contributed by atoms with Crippen molar-refractivity contribution < 1.29 is 18.8 Å². The minimum Gasteiger partial charge on any atom is -0.493 e. The summed E-state index contributed by atoms with van der Waals surface area (Å²) in [6, 6.07) is 12.9. The molecule has 0 saturated carbocycles. The van der Waals surface area contributed by atoms with Crippen LogP contribution in [0.5, 0.6) is 17.2 Å². The molecule has 1 saturated heterocycles. The maximum absolute atomic E-state index is 6.09. The fraction of sp³-hybridized carbons (Fsp3) is 0.368. The highest BCUT2D eigenvalue weighted by atomic mass is 35.5. The quantitative estimate of drug-likeness (QED) is 0.755. The van der Waals surface area contributed by atoms with E-state index in [-0.39, 0.29) is 11.2 Å². The molecule has 0 aliphatic carbocycles. The van der Waals surface area contributed by atoms with E-state index in [1.165, 1.54) is 0 Å². The van der Waals surface area contributed by atoms with Crippen LogP contribution < -0.4 is 14.9 Å². The van der Waals surface area contributed by atoms with Crippen molar-refractivity contribution in [3.63, 3.8) is 0 Å². The lowest BCUT2D eigenvalue weighted by Gasteiger charge is -2.32. The second-order valence-corrected chi connectivity index (χ2v) is 7.49. The molecular formula is C19H22BClO4. The summed E-state index contributed by atoms with van der Waals surface area (Å²) < 4.78 is 23.5. The van der Waals surface area contributed by atoms with Crippen molar-refractivity contribution in [3.05, 3.63) is 47.5 Å². The second-order valence-electron chi connectivity index (χ2n) is 7.06. The number of benzene rings is 2. The second kappa shape index (κ2) is 6.56. The first-order valence-electron chi connectivity index (χ1n) is 8.19. The predicted octanol–water partition coefficient (Wildman–Crippen LogP) is 4.44. The standard InChI is InChI=1S/C19H22BClO4/c1-18(2)19(3,4)25-20(24-18)13-9-10-16(17(11-13)22-5)23-15-8-6-7-14(21)12-15/h6-12H,1-5H3. The van der Waals surface area contributed by atoms with E-state index in [0.717, 1.165) is 5.46 Å². The molecular weight excluding hydrogens is 338 g/mol. The molecule has 0 aromatic heterocycles. The number of rotatable bonds is 4. The van der Waals surface area contributed by atoms with Gasteiger partial charge in [0.1, 0.15) is 5.75 Å². The zero-order valence-corrected chi connectivity index (χ0v) is 15.9. The molecule has 25 heavy (non-hydrogen) atoms. The van der Waals surface area contributed by atoms with E-state index in [4.69, 9.17) is 30.4 Å². The van der Waals surface area contributed by atoms with Crippen LogP contribution in [0.4, 0.5) is 0 Å². The molecule has 0 spiro atoms. The van der Waals surface area contributed by atoms with Gasteiger partial charge in [-0.3, -0.25) is 0 Å². The van der Waals surface area contributed by atoms with Gasteiger partial charge >= 0.3 is 7.12 Å². The average molecular weight is 361 g/mol. The van der Waals surface area contributed by atoms with E-state index in [1.807, 2.05) is 58.0 Å². The zero-order chi connectivity index (χ0) is 18.2. The van der Waals surface area contributed by atoms with E-state index < -0.39 is 7.12 Å². The Kier molecular flexibility index (Phi) is 4.75. The molecule has 4 nitrogen and oxygen atoms in total. The van der Waals surface area contributed by atoms with Gasteiger partial charge in [-0.15, -0.1) is 0 Å². The van der Waals surface area contributed by atoms with Crippen LogP contribution in [-0.2, 0) is 9.31 Å². The van der Waals surface area contributed by atoms with Crippen LogP contribution in [0.1, 0.15) is 27.7 Å². The van der Waals surface area contributed by atoms with Crippen molar-refractivity contribution >= 4 is 24.2 Å². The zero-order valence-electron chi connectivity index (χ0n) is 15.1. The number of hydrogen-bond donors (Lipinski definition) is 0. The molecule has 3 rings (SSSR count). The summed E-state index contributed by atoms with van der Waals surface area (Å²) in [6.07, 6.45) is 0. The summed E-state index contributed by atoms with van der Waals surface area (Å²) in [6.45, 7) is 8.11. The summed E-state index contributed by atoms with van der Waals surface area (Å²) in [5.41, 5.74) is 0.107. The molecule has 1 heterocycles. The number of methoxy groups -OCH3 is 1. The largest absolute Gasteiger partial charge is 0.494 e. The summed E-state index contributed by atoms with van der Waals surface area (Å²) in [5, 5.41) is 0.616. The van der Waals surface area contributed by atoms with Crippen LogP contribution in [-0.4, -0.2) is 25.4 Å². The number of halogens is 1. The third-order valence-electron chi connectivity index (χ3n) is 4.74. The molecule has 2 aromatic rings. The van der Waals surface area contributed by atoms with E-state index in [9.17, 15) is 0 Å². The molecule has 1 fully saturated rings. The molecule has 0 atom stereocenters. The lowest BCUT2D eigenvalue weighted by Crippen LogP contribution is -2.41. The molecule has 132 valence electrons. The molecule has 0 bridgehead atoms. The van der Waals surface area contributed by atoms with Crippen molar-refractivity contribution in [1.29, 1.82) is 0 Å². The Morgan fingerprint density at radius 2 is 1.60 bits per heavy atom. The third kappa shape index (κ3) is 3.64. The van der Waals surface area contributed by atoms with Crippen molar-refractivity contribution in [1.82, 2.24) is 0 Å². The van der Waals surface area contributed by atoms with Gasteiger partial charge in [0.2, 0.25) is 0 Å². The summed E-state index contributed by atoms with van der Waals surface area (Å²) in [5.74, 6) is 1.85. The van der Waals surface area contributed by atoms with Gasteiger partial charge in [-0.05, 0) is 63.5 Å². The predicted molar refractivity (Wildman–Crippen MR) is 100 cm³/mol. The van der Waals surface area contributed by atoms with Gasteiger partial charge < -0.3 is 18.8 Å². The van der Waals surface area contributed by atoms with Gasteiger partial charge in [-0.25, -0.2) is 0 Å².